The number of ketones is 1. The summed E-state index contributed by atoms with van der Waals surface area (Å²) in [5, 5.41) is 20.9. The molecule has 0 bridgehead atoms. The molecule has 3 fully saturated rings. The second kappa shape index (κ2) is 16.2. The number of nitrogens with two attached hydrogens (primary N) is 1. The largest absolute Gasteiger partial charge is 0.396 e. The van der Waals surface area contributed by atoms with E-state index in [-0.39, 0.29) is 29.3 Å². The molecule has 8 heteroatoms. The molecule has 1 aliphatic heterocycles. The number of hydrogen-bond acceptors (Lipinski definition) is 7. The molecule has 236 valence electrons. The average molecular weight is 584 g/mol. The number of rotatable bonds is 17. The maximum absolute atomic E-state index is 14.0. The molecule has 1 heterocycles. The first kappa shape index (κ1) is 33.8. The van der Waals surface area contributed by atoms with Crippen LogP contribution in [-0.2, 0) is 9.59 Å². The van der Waals surface area contributed by atoms with Gasteiger partial charge in [0.15, 0.2) is 5.78 Å². The molecule has 0 aromatic carbocycles. The van der Waals surface area contributed by atoms with Gasteiger partial charge in [0.25, 0.3) is 0 Å². The fourth-order valence-electron chi connectivity index (χ4n) is 6.97. The highest BCUT2D eigenvalue weighted by Crippen LogP contribution is 2.36. The molecule has 0 aromatic heterocycles. The smallest absolute Gasteiger partial charge is 0.243 e. The number of aliphatic hydroxyl groups excluding tert-OH is 1. The number of aliphatic hydroxyl groups is 1. The van der Waals surface area contributed by atoms with Crippen LogP contribution in [0.4, 0.5) is 0 Å². The number of nitrogens with one attached hydrogen (secondary N) is 3. The second-order valence-corrected chi connectivity index (χ2v) is 12.9. The first-order valence-electron chi connectivity index (χ1n) is 16.3. The lowest BCUT2D eigenvalue weighted by atomic mass is 9.79. The lowest BCUT2D eigenvalue weighted by molar-refractivity contribution is -0.131. The zero-order chi connectivity index (χ0) is 30.8. The van der Waals surface area contributed by atoms with E-state index >= 15 is 0 Å². The lowest BCUT2D eigenvalue weighted by Gasteiger charge is -2.40. The predicted molar refractivity (Wildman–Crippen MR) is 171 cm³/mol. The van der Waals surface area contributed by atoms with Crippen LogP contribution in [0.1, 0.15) is 97.8 Å². The first-order chi connectivity index (χ1) is 20.0. The summed E-state index contributed by atoms with van der Waals surface area (Å²) in [7, 11) is 0. The summed E-state index contributed by atoms with van der Waals surface area (Å²) < 4.78 is 0. The van der Waals surface area contributed by atoms with Crippen molar-refractivity contribution < 1.29 is 14.7 Å². The van der Waals surface area contributed by atoms with Crippen molar-refractivity contribution in [2.45, 2.75) is 122 Å². The SMILES string of the molecule is C=C(NCC/C(C)=C/CC)NC(C(=C)N1CCC([C@H](C)O)C1C(=O)NC(CC1CCC1)C(=O)C(=C)N)C1CCCCC1. The molecule has 2 aliphatic carbocycles. The van der Waals surface area contributed by atoms with Crippen LogP contribution in [0.3, 0.4) is 0 Å². The van der Waals surface area contributed by atoms with Crippen LogP contribution in [0.5, 0.6) is 0 Å². The Morgan fingerprint density at radius 3 is 2.31 bits per heavy atom. The van der Waals surface area contributed by atoms with Gasteiger partial charge in [0.2, 0.25) is 5.91 Å². The topological polar surface area (TPSA) is 120 Å². The molecule has 8 nitrogen and oxygen atoms in total. The van der Waals surface area contributed by atoms with Crippen LogP contribution in [0.25, 0.3) is 0 Å². The Labute approximate surface area is 254 Å². The summed E-state index contributed by atoms with van der Waals surface area (Å²) in [6.07, 6.45) is 13.8. The second-order valence-electron chi connectivity index (χ2n) is 12.9. The van der Waals surface area contributed by atoms with Gasteiger partial charge in [-0.2, -0.15) is 0 Å². The van der Waals surface area contributed by atoms with E-state index < -0.39 is 18.2 Å². The minimum absolute atomic E-state index is 0.0349. The molecule has 6 N–H and O–H groups in total. The molecule has 4 unspecified atom stereocenters. The average Bonchev–Trinajstić information content (AvgIpc) is 3.38. The highest BCUT2D eigenvalue weighted by molar-refractivity contribution is 6.00. The molecule has 42 heavy (non-hydrogen) atoms. The minimum Gasteiger partial charge on any atom is -0.396 e. The zero-order valence-corrected chi connectivity index (χ0v) is 26.4. The van der Waals surface area contributed by atoms with E-state index in [1.807, 2.05) is 0 Å². The van der Waals surface area contributed by atoms with Gasteiger partial charge in [-0.25, -0.2) is 0 Å². The van der Waals surface area contributed by atoms with Gasteiger partial charge >= 0.3 is 0 Å². The van der Waals surface area contributed by atoms with Crippen LogP contribution in [0, 0.1) is 17.8 Å². The molecule has 5 atom stereocenters. The molecular weight excluding hydrogens is 526 g/mol. The van der Waals surface area contributed by atoms with Gasteiger partial charge in [0, 0.05) is 24.7 Å². The van der Waals surface area contributed by atoms with Crippen molar-refractivity contribution in [3.8, 4) is 0 Å². The quantitative estimate of drug-likeness (QED) is 0.125. The Morgan fingerprint density at radius 2 is 1.74 bits per heavy atom. The minimum atomic E-state index is -0.702. The van der Waals surface area contributed by atoms with Gasteiger partial charge in [-0.3, -0.25) is 9.59 Å². The van der Waals surface area contributed by atoms with Gasteiger partial charge in [-0.1, -0.05) is 76.8 Å². The number of likely N-dealkylation sites (tertiary alicyclic amines) is 1. The standard InChI is InChI=1S/C34H57N5O3/c1-7-12-22(2)17-19-36-26(6)37-31(28-15-9-8-10-16-28)24(4)39-20-18-29(25(5)40)32(39)34(42)38-30(33(41)23(3)35)21-27-13-11-14-27/h12,25,27-32,36-37,40H,3-4,6-11,13-21,35H2,1-2,5H3,(H,38,42)/b22-12+/t25-,29?,30?,31?,32?/m0/s1. The molecule has 2 saturated carbocycles. The lowest BCUT2D eigenvalue weighted by Crippen LogP contribution is -2.55. The van der Waals surface area contributed by atoms with Crippen molar-refractivity contribution in [1.82, 2.24) is 20.9 Å². The number of amides is 1. The maximum atomic E-state index is 14.0. The van der Waals surface area contributed by atoms with Gasteiger partial charge in [0.05, 0.1) is 29.7 Å². The third kappa shape index (κ3) is 9.13. The van der Waals surface area contributed by atoms with Crippen molar-refractivity contribution in [2.75, 3.05) is 13.1 Å². The number of Topliss-reactive ketones (excluding diaryl/α,β-unsaturated/α-hetero) is 1. The molecule has 1 saturated heterocycles. The van der Waals surface area contributed by atoms with Crippen molar-refractivity contribution in [3.63, 3.8) is 0 Å². The Hall–Kier alpha value is -2.74. The number of carbonyl (C=O) groups is 2. The zero-order valence-electron chi connectivity index (χ0n) is 26.4. The van der Waals surface area contributed by atoms with Crippen LogP contribution < -0.4 is 21.7 Å². The number of allylic oxidation sites excluding steroid dienone is 1. The van der Waals surface area contributed by atoms with Crippen molar-refractivity contribution in [2.24, 2.45) is 23.5 Å². The number of nitrogens with zero attached hydrogens (tertiary/aromatic N) is 1. The molecule has 0 aromatic rings. The van der Waals surface area contributed by atoms with E-state index in [1.165, 1.54) is 24.8 Å². The summed E-state index contributed by atoms with van der Waals surface area (Å²) in [4.78, 5) is 29.0. The van der Waals surface area contributed by atoms with Gasteiger partial charge in [-0.15, -0.1) is 0 Å². The van der Waals surface area contributed by atoms with Crippen molar-refractivity contribution in [1.29, 1.82) is 0 Å². The fourth-order valence-corrected chi connectivity index (χ4v) is 6.97. The molecule has 3 aliphatic rings. The van der Waals surface area contributed by atoms with Gasteiger partial charge in [-0.05, 0) is 64.2 Å². The monoisotopic (exact) mass is 583 g/mol. The van der Waals surface area contributed by atoms with Crippen LogP contribution in [0.2, 0.25) is 0 Å². The van der Waals surface area contributed by atoms with E-state index in [1.54, 1.807) is 6.92 Å². The molecule has 0 radical (unpaired) electrons. The van der Waals surface area contributed by atoms with Crippen molar-refractivity contribution in [3.05, 3.63) is 48.6 Å². The highest BCUT2D eigenvalue weighted by Gasteiger charge is 2.45. The van der Waals surface area contributed by atoms with Crippen molar-refractivity contribution >= 4 is 11.7 Å². The number of carbonyl (C=O) groups excluding carboxylic acids is 2. The van der Waals surface area contributed by atoms with Crippen LogP contribution >= 0.6 is 0 Å². The maximum Gasteiger partial charge on any atom is 0.243 e. The van der Waals surface area contributed by atoms with E-state index in [4.69, 9.17) is 5.73 Å². The molecular formula is C34H57N5O3. The van der Waals surface area contributed by atoms with E-state index in [0.717, 1.165) is 63.0 Å². The normalized spacial score (nSPS) is 23.8. The highest BCUT2D eigenvalue weighted by atomic mass is 16.3. The molecule has 0 spiro atoms. The fraction of sp³-hybridized carbons (Fsp3) is 0.706. The van der Waals surface area contributed by atoms with E-state index in [2.05, 4.69) is 60.5 Å². The third-order valence-corrected chi connectivity index (χ3v) is 9.67. The summed E-state index contributed by atoms with van der Waals surface area (Å²) in [6, 6.07) is -1.42. The summed E-state index contributed by atoms with van der Waals surface area (Å²) in [5.74, 6) is 0.686. The summed E-state index contributed by atoms with van der Waals surface area (Å²) in [6.45, 7) is 19.9. The first-order valence-corrected chi connectivity index (χ1v) is 16.3. The Morgan fingerprint density at radius 1 is 1.05 bits per heavy atom. The Bertz CT molecular complexity index is 995. The van der Waals surface area contributed by atoms with Crippen LogP contribution in [-0.4, -0.2) is 59.0 Å². The predicted octanol–water partition coefficient (Wildman–Crippen LogP) is 4.63. The summed E-state index contributed by atoms with van der Waals surface area (Å²) in [5.41, 5.74) is 7.97. The molecule has 1 amide bonds. The Kier molecular flexibility index (Phi) is 13.0. The summed E-state index contributed by atoms with van der Waals surface area (Å²) >= 11 is 0. The van der Waals surface area contributed by atoms with Gasteiger partial charge in [0.1, 0.15) is 6.04 Å². The number of hydrogen-bond donors (Lipinski definition) is 5. The third-order valence-electron chi connectivity index (χ3n) is 9.67. The van der Waals surface area contributed by atoms with E-state index in [9.17, 15) is 14.7 Å². The Balaban J connectivity index is 1.79. The molecule has 3 rings (SSSR count). The van der Waals surface area contributed by atoms with Gasteiger partial charge < -0.3 is 31.7 Å². The van der Waals surface area contributed by atoms with E-state index in [0.29, 0.717) is 31.2 Å². The van der Waals surface area contributed by atoms with Crippen LogP contribution in [0.15, 0.2) is 48.6 Å².